The van der Waals surface area contributed by atoms with Crippen molar-refractivity contribution in [2.45, 2.75) is 156 Å². The number of piperidine rings is 1. The number of nitrogens with one attached hydrogen (secondary N) is 4. The standard InChI is InChI=1S/C45H70N6O9S/c1-9-11-12-15-22-51(43(57)39(29(5)10-2)50-40(55)34-16-13-14-21-46-34)36(28(3)4)24-37(60-30(6)52)42-49-35(27-61-42)41(56)48-33(25-45(7,8)44(58)59)23-31-17-19-32(20-18-31)47-26-38(53)54/h17-20,27-29,33-34,36-37,39,46-47H,9-16,21-26H2,1-8H3,(H,48,56)(H,50,55)(H,53,54)(H,58,59)/t29-,33-,34+,36+,37+,39-/m0/s1. The molecule has 15 nitrogen and oxygen atoms in total. The molecule has 0 spiro atoms. The normalized spacial score (nSPS) is 16.7. The number of thiazole rings is 1. The molecule has 16 heteroatoms. The Balaban J connectivity index is 1.92. The van der Waals surface area contributed by atoms with E-state index in [9.17, 15) is 33.9 Å². The molecule has 3 amide bonds. The molecule has 2 heterocycles. The summed E-state index contributed by atoms with van der Waals surface area (Å²) in [6.07, 6.45) is 6.79. The lowest BCUT2D eigenvalue weighted by Crippen LogP contribution is -2.58. The summed E-state index contributed by atoms with van der Waals surface area (Å²) in [5.41, 5.74) is 0.306. The predicted octanol–water partition coefficient (Wildman–Crippen LogP) is 6.58. The zero-order chi connectivity index (χ0) is 45.3. The summed E-state index contributed by atoms with van der Waals surface area (Å²) >= 11 is 1.16. The Morgan fingerprint density at radius 3 is 2.28 bits per heavy atom. The van der Waals surface area contributed by atoms with E-state index in [1.54, 1.807) is 43.5 Å². The first-order valence-electron chi connectivity index (χ1n) is 21.9. The second kappa shape index (κ2) is 24.8. The van der Waals surface area contributed by atoms with Crippen molar-refractivity contribution < 1.29 is 43.7 Å². The van der Waals surface area contributed by atoms with Crippen LogP contribution in [0.3, 0.4) is 0 Å². The Labute approximate surface area is 365 Å². The van der Waals surface area contributed by atoms with Crippen molar-refractivity contribution in [1.82, 2.24) is 25.8 Å². The van der Waals surface area contributed by atoms with Crippen LogP contribution in [0.4, 0.5) is 5.69 Å². The van der Waals surface area contributed by atoms with Gasteiger partial charge >= 0.3 is 17.9 Å². The van der Waals surface area contributed by atoms with Gasteiger partial charge in [-0.25, -0.2) is 4.98 Å². The summed E-state index contributed by atoms with van der Waals surface area (Å²) < 4.78 is 5.91. The molecule has 3 rings (SSSR count). The molecule has 6 N–H and O–H groups in total. The van der Waals surface area contributed by atoms with Crippen LogP contribution in [0.25, 0.3) is 0 Å². The molecule has 1 aliphatic heterocycles. The third-order valence-electron chi connectivity index (χ3n) is 11.5. The van der Waals surface area contributed by atoms with Crippen LogP contribution in [-0.2, 0) is 35.1 Å². The van der Waals surface area contributed by atoms with Gasteiger partial charge < -0.3 is 41.1 Å². The van der Waals surface area contributed by atoms with Gasteiger partial charge in [-0.2, -0.15) is 0 Å². The van der Waals surface area contributed by atoms with Crippen molar-refractivity contribution in [3.05, 3.63) is 45.9 Å². The summed E-state index contributed by atoms with van der Waals surface area (Å²) in [6, 6.07) is 4.90. The lowest BCUT2D eigenvalue weighted by atomic mass is 9.84. The van der Waals surface area contributed by atoms with Crippen LogP contribution in [-0.4, -0.2) is 99.5 Å². The fraction of sp³-hybridized carbons (Fsp3) is 0.667. The number of carbonyl (C=O) groups is 6. The second-order valence-corrected chi connectivity index (χ2v) is 18.3. The average Bonchev–Trinajstić information content (AvgIpc) is 3.71. The number of aliphatic carboxylic acids is 2. The van der Waals surface area contributed by atoms with E-state index in [2.05, 4.69) is 33.2 Å². The SMILES string of the molecule is CCCCCCN(C(=O)[C@@H](NC(=O)[C@H]1CCCCN1)[C@@H](C)CC)[C@H](C[C@@H](OC(C)=O)c1nc(C(=O)N[C@@H](Cc2ccc(NCC(=O)O)cc2)CC(C)(C)C(=O)O)cs1)C(C)C. The number of carbonyl (C=O) groups excluding carboxylic acids is 4. The number of nitrogens with zero attached hydrogens (tertiary/aromatic N) is 2. The predicted molar refractivity (Wildman–Crippen MR) is 236 cm³/mol. The van der Waals surface area contributed by atoms with Crippen molar-refractivity contribution in [1.29, 1.82) is 0 Å². The van der Waals surface area contributed by atoms with Gasteiger partial charge in [0.2, 0.25) is 11.8 Å². The Kier molecular flexibility index (Phi) is 20.6. The van der Waals surface area contributed by atoms with E-state index in [4.69, 9.17) is 9.84 Å². The molecule has 0 saturated carbocycles. The monoisotopic (exact) mass is 870 g/mol. The van der Waals surface area contributed by atoms with Crippen molar-refractivity contribution in [2.24, 2.45) is 17.3 Å². The molecule has 340 valence electrons. The molecular weight excluding hydrogens is 801 g/mol. The van der Waals surface area contributed by atoms with Gasteiger partial charge in [-0.1, -0.05) is 78.9 Å². The third kappa shape index (κ3) is 16.3. The van der Waals surface area contributed by atoms with Gasteiger partial charge in [-0.3, -0.25) is 28.8 Å². The summed E-state index contributed by atoms with van der Waals surface area (Å²) in [5, 5.41) is 33.1. The van der Waals surface area contributed by atoms with Crippen molar-refractivity contribution in [3.8, 4) is 0 Å². The maximum Gasteiger partial charge on any atom is 0.322 e. The number of ether oxygens (including phenoxy) is 1. The molecular formula is C45H70N6O9S. The van der Waals surface area contributed by atoms with Crippen LogP contribution in [0.5, 0.6) is 0 Å². The van der Waals surface area contributed by atoms with Gasteiger partial charge in [0.05, 0.1) is 11.5 Å². The maximum atomic E-state index is 14.8. The summed E-state index contributed by atoms with van der Waals surface area (Å²) in [5.74, 6) is -3.64. The molecule has 1 fully saturated rings. The third-order valence-corrected chi connectivity index (χ3v) is 12.4. The zero-order valence-electron chi connectivity index (χ0n) is 37.4. The lowest BCUT2D eigenvalue weighted by Gasteiger charge is -2.40. The fourth-order valence-electron chi connectivity index (χ4n) is 7.62. The van der Waals surface area contributed by atoms with Gasteiger partial charge in [-0.05, 0) is 82.0 Å². The molecule has 0 bridgehead atoms. The van der Waals surface area contributed by atoms with E-state index in [-0.39, 0.29) is 54.8 Å². The minimum absolute atomic E-state index is 0.0768. The summed E-state index contributed by atoms with van der Waals surface area (Å²) in [7, 11) is 0. The number of rotatable bonds is 26. The molecule has 6 atom stereocenters. The van der Waals surface area contributed by atoms with Crippen LogP contribution in [0, 0.1) is 17.3 Å². The molecule has 1 aliphatic rings. The molecule has 1 saturated heterocycles. The smallest absolute Gasteiger partial charge is 0.322 e. The Hall–Kier alpha value is -4.57. The number of amides is 3. The van der Waals surface area contributed by atoms with E-state index >= 15 is 0 Å². The molecule has 1 aromatic heterocycles. The number of anilines is 1. The van der Waals surface area contributed by atoms with Crippen molar-refractivity contribution in [3.63, 3.8) is 0 Å². The highest BCUT2D eigenvalue weighted by atomic mass is 32.1. The van der Waals surface area contributed by atoms with E-state index in [0.717, 1.165) is 62.0 Å². The zero-order valence-corrected chi connectivity index (χ0v) is 38.2. The van der Waals surface area contributed by atoms with E-state index in [0.29, 0.717) is 36.5 Å². The number of aromatic nitrogens is 1. The fourth-order valence-corrected chi connectivity index (χ4v) is 8.45. The number of hydrogen-bond acceptors (Lipinski definition) is 11. The van der Waals surface area contributed by atoms with E-state index in [1.807, 2.05) is 32.6 Å². The first kappa shape index (κ1) is 50.8. The number of carboxylic acid groups (broad SMARTS) is 2. The number of carboxylic acids is 2. The van der Waals surface area contributed by atoms with Crippen molar-refractivity contribution in [2.75, 3.05) is 25.0 Å². The molecule has 61 heavy (non-hydrogen) atoms. The lowest BCUT2D eigenvalue weighted by molar-refractivity contribution is -0.150. The van der Waals surface area contributed by atoms with E-state index < -0.39 is 53.5 Å². The quantitative estimate of drug-likeness (QED) is 0.0437. The van der Waals surface area contributed by atoms with Gasteiger partial charge in [0.15, 0.2) is 6.10 Å². The molecule has 0 aliphatic carbocycles. The summed E-state index contributed by atoms with van der Waals surface area (Å²) in [4.78, 5) is 84.5. The number of unbranched alkanes of at least 4 members (excludes halogenated alkanes) is 3. The van der Waals surface area contributed by atoms with Crippen molar-refractivity contribution >= 4 is 52.7 Å². The number of esters is 1. The highest BCUT2D eigenvalue weighted by Crippen LogP contribution is 2.32. The minimum Gasteiger partial charge on any atom is -0.481 e. The Morgan fingerprint density at radius 2 is 1.70 bits per heavy atom. The second-order valence-electron chi connectivity index (χ2n) is 17.4. The average molecular weight is 871 g/mol. The Morgan fingerprint density at radius 1 is 1.00 bits per heavy atom. The largest absolute Gasteiger partial charge is 0.481 e. The van der Waals surface area contributed by atoms with E-state index in [1.165, 1.54) is 6.92 Å². The van der Waals surface area contributed by atoms with Crippen LogP contribution >= 0.6 is 11.3 Å². The van der Waals surface area contributed by atoms with Crippen LogP contribution < -0.4 is 21.3 Å². The number of hydrogen-bond donors (Lipinski definition) is 6. The van der Waals surface area contributed by atoms with Gasteiger partial charge in [0.1, 0.15) is 23.3 Å². The molecule has 2 aromatic rings. The van der Waals surface area contributed by atoms with Gasteiger partial charge in [0, 0.05) is 43.0 Å². The van der Waals surface area contributed by atoms with Crippen LogP contribution in [0.2, 0.25) is 0 Å². The highest BCUT2D eigenvalue weighted by Gasteiger charge is 2.38. The molecule has 0 radical (unpaired) electrons. The first-order valence-corrected chi connectivity index (χ1v) is 22.8. The number of benzene rings is 1. The molecule has 1 aromatic carbocycles. The minimum atomic E-state index is -1.18. The van der Waals surface area contributed by atoms with Crippen LogP contribution in [0.1, 0.15) is 147 Å². The first-order chi connectivity index (χ1) is 28.9. The van der Waals surface area contributed by atoms with Crippen LogP contribution in [0.15, 0.2) is 29.6 Å². The van der Waals surface area contributed by atoms with Gasteiger partial charge in [-0.15, -0.1) is 11.3 Å². The maximum absolute atomic E-state index is 14.8. The topological polar surface area (TPSA) is 216 Å². The molecule has 0 unspecified atom stereocenters. The van der Waals surface area contributed by atoms with Gasteiger partial charge in [0.25, 0.3) is 5.91 Å². The highest BCUT2D eigenvalue weighted by molar-refractivity contribution is 7.09. The Bertz CT molecular complexity index is 1740. The summed E-state index contributed by atoms with van der Waals surface area (Å²) in [6.45, 7) is 15.6.